The molecule has 220 valence electrons. The first kappa shape index (κ1) is 38.3. The maximum atomic E-state index is 11.5. The van der Waals surface area contributed by atoms with E-state index < -0.39 is 5.41 Å². The van der Waals surface area contributed by atoms with E-state index in [-0.39, 0.29) is 49.6 Å². The molecule has 0 saturated heterocycles. The molecular weight excluding hydrogens is 544 g/mol. The van der Waals surface area contributed by atoms with Gasteiger partial charge in [-0.05, 0) is 47.7 Å². The summed E-state index contributed by atoms with van der Waals surface area (Å²) in [6, 6.07) is 35.9. The van der Waals surface area contributed by atoms with E-state index in [0.717, 1.165) is 5.56 Å². The van der Waals surface area contributed by atoms with Crippen LogP contribution in [0.4, 0.5) is 0 Å². The molecule has 0 radical (unpaired) electrons. The van der Waals surface area contributed by atoms with Gasteiger partial charge in [-0.3, -0.25) is 0 Å². The van der Waals surface area contributed by atoms with Crippen molar-refractivity contribution in [3.05, 3.63) is 137 Å². The Balaban J connectivity index is 0.00000215. The van der Waals surface area contributed by atoms with Gasteiger partial charge in [0.25, 0.3) is 0 Å². The van der Waals surface area contributed by atoms with Crippen molar-refractivity contribution in [1.82, 2.24) is 0 Å². The molecule has 4 rings (SSSR count). The van der Waals surface area contributed by atoms with Crippen molar-refractivity contribution in [3.63, 3.8) is 0 Å². The average Bonchev–Trinajstić information content (AvgIpc) is 2.89. The summed E-state index contributed by atoms with van der Waals surface area (Å²) in [5, 5.41) is 19.5. The second-order valence-electron chi connectivity index (χ2n) is 11.9. The number of hydrogen-bond donors (Lipinski definition) is 2. The number of aliphatic hydroxyl groups excluding tert-OH is 1. The second-order valence-corrected chi connectivity index (χ2v) is 11.9. The van der Waals surface area contributed by atoms with Crippen LogP contribution in [0.2, 0.25) is 0 Å². The van der Waals surface area contributed by atoms with Crippen LogP contribution in [0.1, 0.15) is 88.8 Å². The SMILES string of the molecule is CC(C)(c1ccccc1)c1ccc(O)c(C(C)(C)c2ccccc2)c1C(C)(C)c1ccccc1.CC(C)O.O.O.[Ti]. The van der Waals surface area contributed by atoms with E-state index in [1.165, 1.54) is 27.8 Å². The smallest absolute Gasteiger partial charge is 0.119 e. The molecule has 0 aromatic heterocycles. The number of phenols is 1. The molecule has 4 nitrogen and oxygen atoms in total. The first-order chi connectivity index (χ1) is 17.8. The maximum absolute atomic E-state index is 11.5. The van der Waals surface area contributed by atoms with Gasteiger partial charge in [0.1, 0.15) is 5.75 Å². The molecule has 4 aromatic rings. The monoisotopic (exact) mass is 592 g/mol. The molecule has 0 aliphatic carbocycles. The van der Waals surface area contributed by atoms with Crippen molar-refractivity contribution in [2.24, 2.45) is 0 Å². The summed E-state index contributed by atoms with van der Waals surface area (Å²) in [4.78, 5) is 0. The molecule has 6 N–H and O–H groups in total. The molecule has 0 atom stereocenters. The fourth-order valence-electron chi connectivity index (χ4n) is 5.40. The topological polar surface area (TPSA) is 103 Å². The fraction of sp³-hybridized carbons (Fsp3) is 0.333. The van der Waals surface area contributed by atoms with Gasteiger partial charge in [0.15, 0.2) is 0 Å². The molecule has 0 bridgehead atoms. The van der Waals surface area contributed by atoms with Crippen LogP contribution in [-0.2, 0) is 38.0 Å². The first-order valence-electron chi connectivity index (χ1n) is 13.5. The Hall–Kier alpha value is -2.73. The zero-order valence-electron chi connectivity index (χ0n) is 25.8. The molecule has 0 aliphatic heterocycles. The molecule has 0 fully saturated rings. The van der Waals surface area contributed by atoms with Gasteiger partial charge in [-0.15, -0.1) is 0 Å². The van der Waals surface area contributed by atoms with Gasteiger partial charge in [0.2, 0.25) is 0 Å². The molecular formula is C36H48O4Ti. The average molecular weight is 593 g/mol. The molecule has 0 spiro atoms. The van der Waals surface area contributed by atoms with Gasteiger partial charge in [-0.25, -0.2) is 0 Å². The maximum Gasteiger partial charge on any atom is 0.119 e. The number of aromatic hydroxyl groups is 1. The van der Waals surface area contributed by atoms with Crippen molar-refractivity contribution < 1.29 is 42.9 Å². The van der Waals surface area contributed by atoms with Gasteiger partial charge >= 0.3 is 0 Å². The number of hydrogen-bond acceptors (Lipinski definition) is 2. The first-order valence-corrected chi connectivity index (χ1v) is 13.5. The fourth-order valence-corrected chi connectivity index (χ4v) is 5.40. The summed E-state index contributed by atoms with van der Waals surface area (Å²) in [5.41, 5.74) is 6.13. The van der Waals surface area contributed by atoms with Gasteiger partial charge in [-0.1, -0.05) is 139 Å². The third-order valence-electron chi connectivity index (χ3n) is 7.59. The zero-order valence-corrected chi connectivity index (χ0v) is 27.3. The van der Waals surface area contributed by atoms with E-state index in [9.17, 15) is 5.11 Å². The van der Waals surface area contributed by atoms with Gasteiger partial charge < -0.3 is 21.2 Å². The molecule has 0 saturated carbocycles. The Morgan fingerprint density at radius 2 is 0.780 bits per heavy atom. The van der Waals surface area contributed by atoms with E-state index >= 15 is 0 Å². The number of benzene rings is 4. The summed E-state index contributed by atoms with van der Waals surface area (Å²) in [6.07, 6.45) is -0.167. The predicted molar refractivity (Wildman–Crippen MR) is 168 cm³/mol. The minimum Gasteiger partial charge on any atom is -0.508 e. The van der Waals surface area contributed by atoms with Crippen LogP contribution in [0.25, 0.3) is 0 Å². The van der Waals surface area contributed by atoms with Gasteiger partial charge in [0, 0.05) is 49.6 Å². The molecule has 5 heteroatoms. The van der Waals surface area contributed by atoms with E-state index in [4.69, 9.17) is 5.11 Å². The number of rotatable bonds is 6. The minimum atomic E-state index is -0.393. The Morgan fingerprint density at radius 3 is 1.12 bits per heavy atom. The Labute approximate surface area is 262 Å². The normalized spacial score (nSPS) is 11.3. The van der Waals surface area contributed by atoms with E-state index in [1.807, 2.05) is 12.1 Å². The van der Waals surface area contributed by atoms with Crippen molar-refractivity contribution in [2.45, 2.75) is 77.7 Å². The van der Waals surface area contributed by atoms with Crippen LogP contribution in [-0.4, -0.2) is 27.3 Å². The summed E-state index contributed by atoms with van der Waals surface area (Å²) < 4.78 is 0. The largest absolute Gasteiger partial charge is 0.508 e. The Morgan fingerprint density at radius 1 is 0.488 bits per heavy atom. The van der Waals surface area contributed by atoms with E-state index in [1.54, 1.807) is 13.8 Å². The summed E-state index contributed by atoms with van der Waals surface area (Å²) in [5.74, 6) is 0.348. The summed E-state index contributed by atoms with van der Waals surface area (Å²) >= 11 is 0. The van der Waals surface area contributed by atoms with Crippen LogP contribution in [0, 0.1) is 0 Å². The van der Waals surface area contributed by atoms with Crippen molar-refractivity contribution in [1.29, 1.82) is 0 Å². The third kappa shape index (κ3) is 8.41. The molecule has 0 heterocycles. The minimum absolute atomic E-state index is 0. The van der Waals surface area contributed by atoms with E-state index in [0.29, 0.717) is 5.75 Å². The van der Waals surface area contributed by atoms with E-state index in [2.05, 4.69) is 133 Å². The molecule has 0 aliphatic rings. The molecule has 41 heavy (non-hydrogen) atoms. The Kier molecular flexibility index (Phi) is 14.5. The van der Waals surface area contributed by atoms with Crippen LogP contribution >= 0.6 is 0 Å². The van der Waals surface area contributed by atoms with Crippen molar-refractivity contribution in [3.8, 4) is 5.75 Å². The zero-order chi connectivity index (χ0) is 28.1. The predicted octanol–water partition coefficient (Wildman–Crippen LogP) is 7.11. The van der Waals surface area contributed by atoms with Gasteiger partial charge in [0.05, 0.1) is 0 Å². The molecule has 4 aromatic carbocycles. The Bertz CT molecular complexity index is 1310. The van der Waals surface area contributed by atoms with Crippen molar-refractivity contribution >= 4 is 0 Å². The van der Waals surface area contributed by atoms with Crippen LogP contribution in [0.15, 0.2) is 103 Å². The van der Waals surface area contributed by atoms with Gasteiger partial charge in [-0.2, -0.15) is 0 Å². The summed E-state index contributed by atoms with van der Waals surface area (Å²) in [7, 11) is 0. The van der Waals surface area contributed by atoms with Crippen LogP contribution in [0.5, 0.6) is 5.75 Å². The van der Waals surface area contributed by atoms with Crippen molar-refractivity contribution in [2.75, 3.05) is 0 Å². The molecule has 0 amide bonds. The summed E-state index contributed by atoms with van der Waals surface area (Å²) in [6.45, 7) is 17.0. The van der Waals surface area contributed by atoms with Crippen LogP contribution in [0.3, 0.4) is 0 Å². The standard InChI is InChI=1S/C33H36O.C3H8O.2H2O.Ti/c1-31(2,24-16-10-7-11-17-24)27-22-23-28(34)30(33(5,6)26-20-14-9-15-21-26)29(27)32(3,4)25-18-12-8-13-19-25;1-3(2)4;;;/h7-23,34H,1-6H3;3-4H,1-2H3;2*1H2;. The number of aliphatic hydroxyl groups is 1. The van der Waals surface area contributed by atoms with Crippen LogP contribution < -0.4 is 0 Å². The number of phenolic OH excluding ortho intramolecular Hbond substituents is 1. The third-order valence-corrected chi connectivity index (χ3v) is 7.59. The molecule has 0 unspecified atom stereocenters. The second kappa shape index (κ2) is 15.5. The quantitative estimate of drug-likeness (QED) is 0.233.